The fourth-order valence-corrected chi connectivity index (χ4v) is 3.83. The van der Waals surface area contributed by atoms with Gasteiger partial charge in [0.2, 0.25) is 5.91 Å². The van der Waals surface area contributed by atoms with Crippen LogP contribution >= 0.6 is 0 Å². The molecule has 1 atom stereocenters. The first-order chi connectivity index (χ1) is 14.2. The topological polar surface area (TPSA) is 70.7 Å². The first kappa shape index (κ1) is 20.1. The van der Waals surface area contributed by atoms with Crippen LogP contribution < -0.4 is 20.3 Å². The number of amides is 3. The summed E-state index contributed by atoms with van der Waals surface area (Å²) in [5, 5.41) is 5.42. The van der Waals surface area contributed by atoms with Gasteiger partial charge in [0.1, 0.15) is 5.75 Å². The summed E-state index contributed by atoms with van der Waals surface area (Å²) in [7, 11) is 1.68. The van der Waals surface area contributed by atoms with Crippen LogP contribution in [0.15, 0.2) is 36.4 Å². The molecule has 4 rings (SSSR count). The number of ether oxygens (including phenoxy) is 1. The van der Waals surface area contributed by atoms with E-state index in [2.05, 4.69) is 10.6 Å². The second-order valence-electron chi connectivity index (χ2n) is 7.31. The van der Waals surface area contributed by atoms with Gasteiger partial charge in [-0.2, -0.15) is 13.2 Å². The molecule has 6 nitrogen and oxygen atoms in total. The van der Waals surface area contributed by atoms with E-state index in [1.54, 1.807) is 24.1 Å². The lowest BCUT2D eigenvalue weighted by Gasteiger charge is -2.29. The van der Waals surface area contributed by atoms with Crippen molar-refractivity contribution in [3.05, 3.63) is 53.1 Å². The Morgan fingerprint density at radius 3 is 2.77 bits per heavy atom. The molecule has 2 aliphatic heterocycles. The van der Waals surface area contributed by atoms with Crippen LogP contribution in [-0.4, -0.2) is 25.6 Å². The number of benzene rings is 2. The first-order valence-electron chi connectivity index (χ1n) is 9.54. The number of anilines is 2. The number of nitrogens with one attached hydrogen (secondary N) is 2. The van der Waals surface area contributed by atoms with Gasteiger partial charge >= 0.3 is 12.2 Å². The maximum atomic E-state index is 13.2. The van der Waals surface area contributed by atoms with Crippen molar-refractivity contribution in [1.29, 1.82) is 0 Å². The van der Waals surface area contributed by atoms with E-state index in [1.165, 1.54) is 12.1 Å². The zero-order valence-corrected chi connectivity index (χ0v) is 16.2. The molecule has 30 heavy (non-hydrogen) atoms. The van der Waals surface area contributed by atoms with Crippen molar-refractivity contribution in [2.75, 3.05) is 23.9 Å². The zero-order chi connectivity index (χ0) is 21.5. The SMILES string of the molecule is CN1C(=O)CCc2ccc(NC(=O)N[C@@H]3CCOc4c3cccc4C(F)(F)F)cc21. The molecule has 0 spiro atoms. The molecule has 0 aliphatic carbocycles. The molecule has 0 saturated carbocycles. The summed E-state index contributed by atoms with van der Waals surface area (Å²) in [6, 6.07) is 7.94. The predicted molar refractivity (Wildman–Crippen MR) is 105 cm³/mol. The number of aryl methyl sites for hydroxylation is 1. The van der Waals surface area contributed by atoms with Crippen LogP contribution in [0.1, 0.15) is 35.6 Å². The Balaban J connectivity index is 1.51. The van der Waals surface area contributed by atoms with Crippen LogP contribution in [0.5, 0.6) is 5.75 Å². The Labute approximate surface area is 171 Å². The third-order valence-electron chi connectivity index (χ3n) is 5.37. The molecule has 2 aromatic rings. The van der Waals surface area contributed by atoms with Gasteiger partial charge in [-0.15, -0.1) is 0 Å². The Bertz CT molecular complexity index is 1010. The van der Waals surface area contributed by atoms with Crippen LogP contribution in [0, 0.1) is 0 Å². The lowest BCUT2D eigenvalue weighted by atomic mass is 9.97. The van der Waals surface area contributed by atoms with Gasteiger partial charge in [0.15, 0.2) is 0 Å². The zero-order valence-electron chi connectivity index (χ0n) is 16.2. The van der Waals surface area contributed by atoms with E-state index < -0.39 is 23.8 Å². The minimum atomic E-state index is -4.54. The maximum absolute atomic E-state index is 13.2. The van der Waals surface area contributed by atoms with Crippen LogP contribution in [0.25, 0.3) is 0 Å². The van der Waals surface area contributed by atoms with Crippen LogP contribution in [-0.2, 0) is 17.4 Å². The first-order valence-corrected chi connectivity index (χ1v) is 9.54. The van der Waals surface area contributed by atoms with E-state index in [4.69, 9.17) is 4.74 Å². The van der Waals surface area contributed by atoms with Crippen LogP contribution in [0.2, 0.25) is 0 Å². The quantitative estimate of drug-likeness (QED) is 0.764. The van der Waals surface area contributed by atoms with E-state index in [1.807, 2.05) is 6.07 Å². The number of hydrogen-bond acceptors (Lipinski definition) is 3. The molecular formula is C21H20F3N3O3. The fourth-order valence-electron chi connectivity index (χ4n) is 3.83. The highest BCUT2D eigenvalue weighted by atomic mass is 19.4. The lowest BCUT2D eigenvalue weighted by Crippen LogP contribution is -2.36. The summed E-state index contributed by atoms with van der Waals surface area (Å²) < 4.78 is 45.0. The summed E-state index contributed by atoms with van der Waals surface area (Å²) in [6.07, 6.45) is -3.10. The second kappa shape index (κ2) is 7.55. The average Bonchev–Trinajstić information content (AvgIpc) is 2.70. The smallest absolute Gasteiger partial charge is 0.419 e. The highest BCUT2D eigenvalue weighted by molar-refractivity contribution is 5.97. The van der Waals surface area contributed by atoms with Gasteiger partial charge in [0.05, 0.1) is 18.2 Å². The molecule has 0 radical (unpaired) electrons. The average molecular weight is 419 g/mol. The van der Waals surface area contributed by atoms with Crippen molar-refractivity contribution < 1.29 is 27.5 Å². The number of para-hydroxylation sites is 1. The highest BCUT2D eigenvalue weighted by Crippen LogP contribution is 2.42. The van der Waals surface area contributed by atoms with Crippen LogP contribution in [0.3, 0.4) is 0 Å². The summed E-state index contributed by atoms with van der Waals surface area (Å²) in [4.78, 5) is 26.0. The monoisotopic (exact) mass is 419 g/mol. The van der Waals surface area contributed by atoms with Gasteiger partial charge in [-0.25, -0.2) is 4.79 Å². The molecule has 0 saturated heterocycles. The van der Waals surface area contributed by atoms with Crippen molar-refractivity contribution >= 4 is 23.3 Å². The minimum Gasteiger partial charge on any atom is -0.492 e. The van der Waals surface area contributed by atoms with Gasteiger partial charge in [0, 0.05) is 36.8 Å². The molecule has 0 aromatic heterocycles. The van der Waals surface area contributed by atoms with Crippen molar-refractivity contribution in [1.82, 2.24) is 5.32 Å². The van der Waals surface area contributed by atoms with Crippen molar-refractivity contribution in [3.63, 3.8) is 0 Å². The molecule has 0 bridgehead atoms. The normalized spacial score (nSPS) is 18.2. The van der Waals surface area contributed by atoms with Gasteiger partial charge in [-0.05, 0) is 30.2 Å². The Morgan fingerprint density at radius 1 is 1.20 bits per heavy atom. The number of carbonyl (C=O) groups excluding carboxylic acids is 2. The molecule has 0 fully saturated rings. The molecule has 2 aromatic carbocycles. The highest BCUT2D eigenvalue weighted by Gasteiger charge is 2.38. The van der Waals surface area contributed by atoms with E-state index in [-0.39, 0.29) is 18.3 Å². The summed E-state index contributed by atoms with van der Waals surface area (Å²) >= 11 is 0. The molecule has 158 valence electrons. The summed E-state index contributed by atoms with van der Waals surface area (Å²) in [6.45, 7) is 0.0663. The van der Waals surface area contributed by atoms with Crippen LogP contribution in [0.4, 0.5) is 29.3 Å². The Kier molecular flexibility index (Phi) is 5.05. The number of halogens is 3. The third kappa shape index (κ3) is 3.79. The fraction of sp³-hybridized carbons (Fsp3) is 0.333. The number of hydrogen-bond donors (Lipinski definition) is 2. The van der Waals surface area contributed by atoms with E-state index in [0.29, 0.717) is 30.5 Å². The summed E-state index contributed by atoms with van der Waals surface area (Å²) in [5.74, 6) is -0.237. The molecule has 2 aliphatic rings. The molecule has 0 unspecified atom stereocenters. The Hall–Kier alpha value is -3.23. The lowest BCUT2D eigenvalue weighted by molar-refractivity contribution is -0.139. The molecule has 9 heteroatoms. The third-order valence-corrected chi connectivity index (χ3v) is 5.37. The largest absolute Gasteiger partial charge is 0.492 e. The predicted octanol–water partition coefficient (Wildman–Crippen LogP) is 4.26. The van der Waals surface area contributed by atoms with E-state index in [9.17, 15) is 22.8 Å². The van der Waals surface area contributed by atoms with E-state index >= 15 is 0 Å². The van der Waals surface area contributed by atoms with Gasteiger partial charge < -0.3 is 20.3 Å². The number of rotatable bonds is 2. The number of alkyl halides is 3. The minimum absolute atomic E-state index is 0.00313. The van der Waals surface area contributed by atoms with Gasteiger partial charge in [-0.3, -0.25) is 4.79 Å². The number of fused-ring (bicyclic) bond motifs is 2. The van der Waals surface area contributed by atoms with E-state index in [0.717, 1.165) is 17.3 Å². The molecule has 2 N–H and O–H groups in total. The maximum Gasteiger partial charge on any atom is 0.419 e. The second-order valence-corrected chi connectivity index (χ2v) is 7.31. The van der Waals surface area contributed by atoms with Crippen molar-refractivity contribution in [3.8, 4) is 5.75 Å². The number of carbonyl (C=O) groups is 2. The molecular weight excluding hydrogens is 399 g/mol. The Morgan fingerprint density at radius 2 is 2.00 bits per heavy atom. The standard InChI is InChI=1S/C21H20F3N3O3/c1-27-17-11-13(7-5-12(17)6-8-18(27)28)25-20(29)26-16-9-10-30-19-14(16)3-2-4-15(19)21(22,23)24/h2-5,7,11,16H,6,8-10H2,1H3,(H2,25,26,29)/t16-/m1/s1. The molecule has 2 heterocycles. The van der Waals surface area contributed by atoms with Gasteiger partial charge in [-0.1, -0.05) is 18.2 Å². The van der Waals surface area contributed by atoms with Gasteiger partial charge in [0.25, 0.3) is 0 Å². The summed E-state index contributed by atoms with van der Waals surface area (Å²) in [5.41, 5.74) is 1.68. The number of urea groups is 1. The number of nitrogens with zero attached hydrogens (tertiary/aromatic N) is 1. The van der Waals surface area contributed by atoms with Crippen molar-refractivity contribution in [2.45, 2.75) is 31.5 Å². The molecule has 3 amide bonds. The van der Waals surface area contributed by atoms with Crippen molar-refractivity contribution in [2.24, 2.45) is 0 Å².